The first-order chi connectivity index (χ1) is 22.0. The topological polar surface area (TPSA) is 58.7 Å². The number of hydrogen-bond donors (Lipinski definition) is 0. The molecule has 4 aromatic rings. The van der Waals surface area contributed by atoms with Gasteiger partial charge in [0.2, 0.25) is 5.79 Å². The highest BCUT2D eigenvalue weighted by molar-refractivity contribution is 6.31. The summed E-state index contributed by atoms with van der Waals surface area (Å²) in [5, 5.41) is 0.682. The molecule has 6 nitrogen and oxygen atoms in total. The third-order valence-electron chi connectivity index (χ3n) is 9.30. The first-order valence-electron chi connectivity index (χ1n) is 15.8. The van der Waals surface area contributed by atoms with Crippen LogP contribution in [-0.2, 0) is 49.1 Å². The summed E-state index contributed by atoms with van der Waals surface area (Å²) >= 11 is 6.82. The SMILES string of the molecule is CCOc1ccc(Cc2cc([C@]34OC[C@](C5CO5)(O3)[C@@H](C)[C@H](OCc3ccccc3)[C@H]4OCc3ccccc3)ccc2Cl)cc1. The highest BCUT2D eigenvalue weighted by Gasteiger charge is 2.71. The number of benzene rings is 4. The Bertz CT molecular complexity index is 1580. The van der Waals surface area contributed by atoms with Crippen molar-refractivity contribution in [3.8, 4) is 5.75 Å². The highest BCUT2D eigenvalue weighted by Crippen LogP contribution is 2.57. The van der Waals surface area contributed by atoms with Crippen molar-refractivity contribution in [2.75, 3.05) is 19.8 Å². The molecule has 3 saturated heterocycles. The number of epoxide rings is 1. The molecule has 1 unspecified atom stereocenters. The lowest BCUT2D eigenvalue weighted by Gasteiger charge is -2.50. The van der Waals surface area contributed by atoms with E-state index in [1.165, 1.54) is 0 Å². The van der Waals surface area contributed by atoms with Gasteiger partial charge in [0.1, 0.15) is 23.6 Å². The third kappa shape index (κ3) is 6.03. The van der Waals surface area contributed by atoms with Gasteiger partial charge in [-0.2, -0.15) is 0 Å². The predicted octanol–water partition coefficient (Wildman–Crippen LogP) is 7.49. The Balaban J connectivity index is 1.26. The molecule has 7 rings (SSSR count). The summed E-state index contributed by atoms with van der Waals surface area (Å²) in [6.07, 6.45) is -0.320. The van der Waals surface area contributed by atoms with Gasteiger partial charge >= 0.3 is 0 Å². The van der Waals surface area contributed by atoms with Crippen molar-refractivity contribution in [2.45, 2.75) is 63.2 Å². The van der Waals surface area contributed by atoms with Crippen LogP contribution >= 0.6 is 11.6 Å². The summed E-state index contributed by atoms with van der Waals surface area (Å²) in [5.41, 5.74) is 4.46. The highest BCUT2D eigenvalue weighted by atomic mass is 35.5. The summed E-state index contributed by atoms with van der Waals surface area (Å²) in [6.45, 7) is 6.63. The van der Waals surface area contributed by atoms with E-state index in [4.69, 9.17) is 40.0 Å². The average Bonchev–Trinajstić information content (AvgIpc) is 3.87. The average molecular weight is 627 g/mol. The molecule has 2 bridgehead atoms. The molecule has 3 heterocycles. The molecular weight excluding hydrogens is 588 g/mol. The lowest BCUT2D eigenvalue weighted by Crippen LogP contribution is -2.63. The predicted molar refractivity (Wildman–Crippen MR) is 172 cm³/mol. The molecule has 3 fully saturated rings. The molecule has 0 spiro atoms. The first-order valence-corrected chi connectivity index (χ1v) is 16.2. The number of hydrogen-bond acceptors (Lipinski definition) is 6. The fraction of sp³-hybridized carbons (Fsp3) is 0.368. The van der Waals surface area contributed by atoms with Gasteiger partial charge in [-0.25, -0.2) is 0 Å². The zero-order valence-corrected chi connectivity index (χ0v) is 26.5. The maximum atomic E-state index is 7.15. The van der Waals surface area contributed by atoms with Gasteiger partial charge in [0.05, 0.1) is 39.1 Å². The zero-order valence-electron chi connectivity index (χ0n) is 25.7. The standard InChI is InChI=1S/C38H39ClO6/c1-3-40-32-17-14-27(15-18-32)20-30-21-31(16-19-33(30)39)38-36(43-23-29-12-8-5-9-13-29)35(42-22-28-10-6-4-7-11-28)26(2)37(45-38,25-44-38)34-24-41-34/h4-19,21,26,34-36H,3,20,22-25H2,1-2H3/t26-,34?,35-,36+,37-,38-/m0/s1. The van der Waals surface area contributed by atoms with Crippen LogP contribution in [0.4, 0.5) is 0 Å². The third-order valence-corrected chi connectivity index (χ3v) is 9.67. The van der Waals surface area contributed by atoms with Gasteiger partial charge in [0.25, 0.3) is 0 Å². The molecule has 0 saturated carbocycles. The zero-order chi connectivity index (χ0) is 30.9. The van der Waals surface area contributed by atoms with E-state index < -0.39 is 17.5 Å². The molecule has 0 amide bonds. The van der Waals surface area contributed by atoms with E-state index in [0.29, 0.717) is 44.5 Å². The van der Waals surface area contributed by atoms with Crippen LogP contribution in [0.3, 0.4) is 0 Å². The second kappa shape index (κ2) is 12.9. The van der Waals surface area contributed by atoms with Gasteiger partial charge in [-0.05, 0) is 59.9 Å². The molecule has 3 aliphatic heterocycles. The van der Waals surface area contributed by atoms with Crippen molar-refractivity contribution in [1.82, 2.24) is 0 Å². The number of fused-ring (bicyclic) bond motifs is 2. The fourth-order valence-electron chi connectivity index (χ4n) is 6.75. The van der Waals surface area contributed by atoms with Gasteiger partial charge in [0, 0.05) is 16.5 Å². The van der Waals surface area contributed by atoms with Crippen LogP contribution < -0.4 is 4.74 Å². The molecule has 0 aliphatic carbocycles. The molecule has 0 radical (unpaired) electrons. The quantitative estimate of drug-likeness (QED) is 0.152. The monoisotopic (exact) mass is 626 g/mol. The van der Waals surface area contributed by atoms with Crippen molar-refractivity contribution in [3.05, 3.63) is 136 Å². The Morgan fingerprint density at radius 2 is 1.49 bits per heavy atom. The number of ether oxygens (including phenoxy) is 6. The van der Waals surface area contributed by atoms with Crippen LogP contribution in [0, 0.1) is 5.92 Å². The summed E-state index contributed by atoms with van der Waals surface area (Å²) in [7, 11) is 0. The van der Waals surface area contributed by atoms with Gasteiger partial charge < -0.3 is 28.4 Å². The minimum atomic E-state index is -1.22. The lowest BCUT2D eigenvalue weighted by atomic mass is 9.76. The van der Waals surface area contributed by atoms with Crippen molar-refractivity contribution in [3.63, 3.8) is 0 Å². The molecule has 234 valence electrons. The Labute approximate surface area is 270 Å². The molecule has 0 aromatic heterocycles. The molecule has 45 heavy (non-hydrogen) atoms. The maximum absolute atomic E-state index is 7.15. The summed E-state index contributed by atoms with van der Waals surface area (Å²) in [4.78, 5) is 0. The van der Waals surface area contributed by atoms with E-state index in [9.17, 15) is 0 Å². The summed E-state index contributed by atoms with van der Waals surface area (Å²) < 4.78 is 39.2. The van der Waals surface area contributed by atoms with Crippen molar-refractivity contribution >= 4 is 11.6 Å². The Morgan fingerprint density at radius 3 is 2.13 bits per heavy atom. The second-order valence-electron chi connectivity index (χ2n) is 12.2. The van der Waals surface area contributed by atoms with Crippen LogP contribution in [0.5, 0.6) is 5.75 Å². The summed E-state index contributed by atoms with van der Waals surface area (Å²) in [5.74, 6) is -0.421. The van der Waals surface area contributed by atoms with E-state index in [1.54, 1.807) is 0 Å². The van der Waals surface area contributed by atoms with Gasteiger partial charge in [-0.15, -0.1) is 0 Å². The van der Waals surface area contributed by atoms with E-state index >= 15 is 0 Å². The van der Waals surface area contributed by atoms with Gasteiger partial charge in [-0.3, -0.25) is 0 Å². The molecule has 0 N–H and O–H groups in total. The van der Waals surface area contributed by atoms with Crippen LogP contribution in [0.25, 0.3) is 0 Å². The molecular formula is C38H39ClO6. The molecule has 6 atom stereocenters. The first kappa shape index (κ1) is 30.4. The van der Waals surface area contributed by atoms with Crippen molar-refractivity contribution < 1.29 is 28.4 Å². The smallest absolute Gasteiger partial charge is 0.225 e. The second-order valence-corrected chi connectivity index (χ2v) is 12.6. The minimum absolute atomic E-state index is 0.0549. The number of rotatable bonds is 12. The van der Waals surface area contributed by atoms with Gasteiger partial charge in [0.15, 0.2) is 0 Å². The molecule has 3 aliphatic rings. The van der Waals surface area contributed by atoms with Gasteiger partial charge in [-0.1, -0.05) is 97.4 Å². The number of halogens is 1. The lowest BCUT2D eigenvalue weighted by molar-refractivity contribution is -0.335. The van der Waals surface area contributed by atoms with Crippen molar-refractivity contribution in [1.29, 1.82) is 0 Å². The Kier molecular flexibility index (Phi) is 8.71. The van der Waals surface area contributed by atoms with E-state index in [2.05, 4.69) is 49.4 Å². The van der Waals surface area contributed by atoms with Crippen LogP contribution in [0.15, 0.2) is 103 Å². The van der Waals surface area contributed by atoms with E-state index in [-0.39, 0.29) is 18.1 Å². The Hall–Kier alpha value is -3.23. The van der Waals surface area contributed by atoms with Crippen LogP contribution in [-0.4, -0.2) is 43.7 Å². The molecule has 4 aromatic carbocycles. The Morgan fingerprint density at radius 1 is 0.822 bits per heavy atom. The maximum Gasteiger partial charge on any atom is 0.225 e. The van der Waals surface area contributed by atoms with E-state index in [1.807, 2.05) is 67.6 Å². The van der Waals surface area contributed by atoms with Crippen LogP contribution in [0.2, 0.25) is 5.02 Å². The normalized spacial score (nSPS) is 28.6. The van der Waals surface area contributed by atoms with Crippen LogP contribution in [0.1, 0.15) is 41.7 Å². The van der Waals surface area contributed by atoms with E-state index in [0.717, 1.165) is 33.6 Å². The fourth-order valence-corrected chi connectivity index (χ4v) is 6.94. The summed E-state index contributed by atoms with van der Waals surface area (Å²) in [6, 6.07) is 34.6. The molecule has 7 heteroatoms. The minimum Gasteiger partial charge on any atom is -0.494 e. The largest absolute Gasteiger partial charge is 0.494 e. The van der Waals surface area contributed by atoms with Crippen molar-refractivity contribution in [2.24, 2.45) is 5.92 Å².